The third kappa shape index (κ3) is 3.80. The number of anilines is 2. The molecule has 8 heteroatoms. The van der Waals surface area contributed by atoms with Gasteiger partial charge in [0.15, 0.2) is 0 Å². The number of thiophene rings is 1. The summed E-state index contributed by atoms with van der Waals surface area (Å²) in [5, 5.41) is 12.6. The van der Waals surface area contributed by atoms with E-state index in [1.165, 1.54) is 18.4 Å². The van der Waals surface area contributed by atoms with E-state index < -0.39 is 5.92 Å². The average Bonchev–Trinajstić information content (AvgIpc) is 3.30. The molecule has 1 atom stereocenters. The lowest BCUT2D eigenvalue weighted by Crippen LogP contribution is -2.28. The van der Waals surface area contributed by atoms with E-state index in [-0.39, 0.29) is 24.8 Å². The van der Waals surface area contributed by atoms with E-state index in [0.717, 1.165) is 11.3 Å². The summed E-state index contributed by atoms with van der Waals surface area (Å²) in [6.45, 7) is 2.25. The molecule has 1 aliphatic rings. The van der Waals surface area contributed by atoms with E-state index in [9.17, 15) is 14.9 Å². The third-order valence-corrected chi connectivity index (χ3v) is 5.86. The summed E-state index contributed by atoms with van der Waals surface area (Å²) < 4.78 is 10.6. The second-order valence-electron chi connectivity index (χ2n) is 6.35. The van der Waals surface area contributed by atoms with Gasteiger partial charge in [0.2, 0.25) is 11.8 Å². The lowest BCUT2D eigenvalue weighted by Gasteiger charge is -2.20. The Balaban J connectivity index is 1.77. The molecule has 146 valence electrons. The van der Waals surface area contributed by atoms with Crippen LogP contribution in [0.2, 0.25) is 0 Å². The summed E-state index contributed by atoms with van der Waals surface area (Å²) in [4.78, 5) is 27.8. The number of aryl methyl sites for hydroxylation is 1. The van der Waals surface area contributed by atoms with Gasteiger partial charge in [-0.3, -0.25) is 9.59 Å². The summed E-state index contributed by atoms with van der Waals surface area (Å²) >= 11 is 1.39. The molecule has 0 spiro atoms. The van der Waals surface area contributed by atoms with Crippen LogP contribution < -0.4 is 19.7 Å². The van der Waals surface area contributed by atoms with Gasteiger partial charge in [-0.15, -0.1) is 11.3 Å². The van der Waals surface area contributed by atoms with Crippen molar-refractivity contribution in [2.75, 3.05) is 31.0 Å². The number of carbonyl (C=O) groups is 2. The standard InChI is InChI=1S/C20H21N3O4S/c1-4-15-7-12(10-21)20(28-15)22-19(25)13-8-18(24)23(11-13)16-6-5-14(26-2)9-17(16)27-3/h5-7,9,13H,4,8,11H2,1-3H3,(H,22,25)/t13-/m0/s1. The molecule has 2 amide bonds. The summed E-state index contributed by atoms with van der Waals surface area (Å²) in [7, 11) is 3.08. The molecule has 1 saturated heterocycles. The number of nitrogens with one attached hydrogen (secondary N) is 1. The molecule has 28 heavy (non-hydrogen) atoms. The monoisotopic (exact) mass is 399 g/mol. The lowest BCUT2D eigenvalue weighted by atomic mass is 10.1. The maximum absolute atomic E-state index is 12.7. The van der Waals surface area contributed by atoms with Gasteiger partial charge < -0.3 is 19.7 Å². The number of nitriles is 1. The van der Waals surface area contributed by atoms with E-state index in [2.05, 4.69) is 11.4 Å². The van der Waals surface area contributed by atoms with Crippen LogP contribution in [0, 0.1) is 17.2 Å². The first kappa shape index (κ1) is 19.7. The van der Waals surface area contributed by atoms with Crippen LogP contribution in [0.25, 0.3) is 0 Å². The van der Waals surface area contributed by atoms with Crippen molar-refractivity contribution in [1.29, 1.82) is 5.26 Å². The number of rotatable bonds is 6. The second-order valence-corrected chi connectivity index (χ2v) is 7.49. The number of nitrogens with zero attached hydrogens (tertiary/aromatic N) is 2. The molecular weight excluding hydrogens is 378 g/mol. The number of hydrogen-bond acceptors (Lipinski definition) is 6. The highest BCUT2D eigenvalue weighted by Gasteiger charge is 2.36. The smallest absolute Gasteiger partial charge is 0.230 e. The van der Waals surface area contributed by atoms with Gasteiger partial charge >= 0.3 is 0 Å². The molecular formula is C20H21N3O4S. The Bertz CT molecular complexity index is 947. The van der Waals surface area contributed by atoms with Crippen molar-refractivity contribution in [3.8, 4) is 17.6 Å². The van der Waals surface area contributed by atoms with Gasteiger partial charge in [-0.2, -0.15) is 5.26 Å². The first-order chi connectivity index (χ1) is 13.5. The Morgan fingerprint density at radius 1 is 1.36 bits per heavy atom. The number of hydrogen-bond donors (Lipinski definition) is 1. The van der Waals surface area contributed by atoms with Crippen LogP contribution in [-0.2, 0) is 16.0 Å². The fourth-order valence-electron chi connectivity index (χ4n) is 3.13. The van der Waals surface area contributed by atoms with E-state index in [1.807, 2.05) is 6.92 Å². The molecule has 0 saturated carbocycles. The van der Waals surface area contributed by atoms with Gasteiger partial charge in [0.25, 0.3) is 0 Å². The fourth-order valence-corrected chi connectivity index (χ4v) is 4.08. The van der Waals surface area contributed by atoms with E-state index >= 15 is 0 Å². The molecule has 0 bridgehead atoms. The zero-order valence-electron chi connectivity index (χ0n) is 15.9. The van der Waals surface area contributed by atoms with Crippen LogP contribution >= 0.6 is 11.3 Å². The zero-order chi connectivity index (χ0) is 20.3. The Hall–Kier alpha value is -3.05. The molecule has 3 rings (SSSR count). The fraction of sp³-hybridized carbons (Fsp3) is 0.350. The van der Waals surface area contributed by atoms with Crippen molar-refractivity contribution < 1.29 is 19.1 Å². The molecule has 0 aliphatic carbocycles. The second kappa shape index (κ2) is 8.31. The van der Waals surface area contributed by atoms with Crippen LogP contribution in [0.15, 0.2) is 24.3 Å². The summed E-state index contributed by atoms with van der Waals surface area (Å²) in [5.41, 5.74) is 1.05. The Morgan fingerprint density at radius 2 is 2.14 bits per heavy atom. The van der Waals surface area contributed by atoms with Crippen molar-refractivity contribution in [2.24, 2.45) is 5.92 Å². The predicted octanol–water partition coefficient (Wildman–Crippen LogP) is 3.19. The minimum Gasteiger partial charge on any atom is -0.497 e. The third-order valence-electron chi connectivity index (χ3n) is 4.66. The van der Waals surface area contributed by atoms with Crippen molar-refractivity contribution >= 4 is 33.8 Å². The van der Waals surface area contributed by atoms with Gasteiger partial charge in [-0.1, -0.05) is 6.92 Å². The van der Waals surface area contributed by atoms with Crippen LogP contribution in [0.3, 0.4) is 0 Å². The highest BCUT2D eigenvalue weighted by atomic mass is 32.1. The van der Waals surface area contributed by atoms with Crippen LogP contribution in [-0.4, -0.2) is 32.6 Å². The number of benzene rings is 1. The highest BCUT2D eigenvalue weighted by Crippen LogP contribution is 2.36. The lowest BCUT2D eigenvalue weighted by molar-refractivity contribution is -0.122. The van der Waals surface area contributed by atoms with Gasteiger partial charge in [0.1, 0.15) is 22.6 Å². The predicted molar refractivity (Wildman–Crippen MR) is 107 cm³/mol. The van der Waals surface area contributed by atoms with Gasteiger partial charge in [-0.25, -0.2) is 0 Å². The molecule has 1 aromatic carbocycles. The molecule has 1 fully saturated rings. The van der Waals surface area contributed by atoms with Crippen LogP contribution in [0.5, 0.6) is 11.5 Å². The largest absolute Gasteiger partial charge is 0.497 e. The number of amides is 2. The molecule has 1 aromatic heterocycles. The van der Waals surface area contributed by atoms with Crippen molar-refractivity contribution in [3.05, 3.63) is 34.7 Å². The molecule has 1 aliphatic heterocycles. The van der Waals surface area contributed by atoms with Gasteiger partial charge in [0, 0.05) is 23.9 Å². The first-order valence-electron chi connectivity index (χ1n) is 8.86. The number of methoxy groups -OCH3 is 2. The van der Waals surface area contributed by atoms with Gasteiger partial charge in [-0.05, 0) is 24.6 Å². The zero-order valence-corrected chi connectivity index (χ0v) is 16.8. The average molecular weight is 399 g/mol. The summed E-state index contributed by atoms with van der Waals surface area (Å²) in [6, 6.07) is 9.09. The SMILES string of the molecule is CCc1cc(C#N)c(NC(=O)[C@H]2CC(=O)N(c3ccc(OC)cc3OC)C2)s1. The minimum atomic E-state index is -0.502. The Morgan fingerprint density at radius 3 is 2.79 bits per heavy atom. The first-order valence-corrected chi connectivity index (χ1v) is 9.68. The van der Waals surface area contributed by atoms with Crippen molar-refractivity contribution in [3.63, 3.8) is 0 Å². The van der Waals surface area contributed by atoms with E-state index in [0.29, 0.717) is 27.8 Å². The van der Waals surface area contributed by atoms with Crippen LogP contribution in [0.1, 0.15) is 23.8 Å². The molecule has 0 radical (unpaired) electrons. The molecule has 0 unspecified atom stereocenters. The van der Waals surface area contributed by atoms with Gasteiger partial charge in [0.05, 0.1) is 31.4 Å². The Kier molecular flexibility index (Phi) is 5.85. The summed E-state index contributed by atoms with van der Waals surface area (Å²) in [6.07, 6.45) is 0.900. The van der Waals surface area contributed by atoms with E-state index in [4.69, 9.17) is 9.47 Å². The highest BCUT2D eigenvalue weighted by molar-refractivity contribution is 7.16. The summed E-state index contributed by atoms with van der Waals surface area (Å²) in [5.74, 6) is 0.216. The topological polar surface area (TPSA) is 91.7 Å². The molecule has 1 N–H and O–H groups in total. The maximum atomic E-state index is 12.7. The van der Waals surface area contributed by atoms with E-state index in [1.54, 1.807) is 36.3 Å². The van der Waals surface area contributed by atoms with Crippen molar-refractivity contribution in [2.45, 2.75) is 19.8 Å². The molecule has 7 nitrogen and oxygen atoms in total. The maximum Gasteiger partial charge on any atom is 0.230 e. The normalized spacial score (nSPS) is 16.0. The number of ether oxygens (including phenoxy) is 2. The molecule has 2 heterocycles. The number of carbonyl (C=O) groups excluding carboxylic acids is 2. The van der Waals surface area contributed by atoms with Crippen LogP contribution in [0.4, 0.5) is 10.7 Å². The minimum absolute atomic E-state index is 0.106. The Labute approximate surface area is 167 Å². The quantitative estimate of drug-likeness (QED) is 0.805. The van der Waals surface area contributed by atoms with Crippen molar-refractivity contribution in [1.82, 2.24) is 0 Å². The molecule has 2 aromatic rings.